The summed E-state index contributed by atoms with van der Waals surface area (Å²) in [6.07, 6.45) is 9.99. The third-order valence-corrected chi connectivity index (χ3v) is 5.46. The maximum Gasteiger partial charge on any atom is 0.321 e. The molecule has 3 nitrogen and oxygen atoms in total. The molecule has 1 fully saturated rings. The number of rotatable bonds is 3. The predicted octanol–water partition coefficient (Wildman–Crippen LogP) is 4.80. The van der Waals surface area contributed by atoms with Gasteiger partial charge in [0.1, 0.15) is 0 Å². The molecule has 22 heavy (non-hydrogen) atoms. The number of cyclic esters (lactones) is 2. The topological polar surface area (TPSA) is 43.4 Å². The Kier molecular flexibility index (Phi) is 6.22. The van der Waals surface area contributed by atoms with Gasteiger partial charge in [-0.2, -0.15) is 0 Å². The minimum absolute atomic E-state index is 0.252. The van der Waals surface area contributed by atoms with Gasteiger partial charge >= 0.3 is 11.9 Å². The lowest BCUT2D eigenvalue weighted by molar-refractivity contribution is -0.153. The van der Waals surface area contributed by atoms with Crippen LogP contribution in [0.3, 0.4) is 0 Å². The molecular weight excluding hydrogens is 276 g/mol. The Morgan fingerprint density at radius 2 is 1.73 bits per heavy atom. The normalized spacial score (nSPS) is 34.6. The van der Waals surface area contributed by atoms with Crippen LogP contribution in [-0.2, 0) is 14.3 Å². The molecule has 1 aliphatic heterocycles. The summed E-state index contributed by atoms with van der Waals surface area (Å²) in [5.41, 5.74) is 2.54. The Morgan fingerprint density at radius 3 is 2.45 bits per heavy atom. The maximum absolute atomic E-state index is 12.3. The number of ether oxygens (including phenoxy) is 1. The predicted molar refractivity (Wildman–Crippen MR) is 87.2 cm³/mol. The minimum Gasteiger partial charge on any atom is -0.392 e. The molecule has 3 unspecified atom stereocenters. The van der Waals surface area contributed by atoms with Crippen LogP contribution in [0, 0.1) is 17.8 Å². The average molecular weight is 306 g/mol. The van der Waals surface area contributed by atoms with Crippen molar-refractivity contribution in [2.75, 3.05) is 0 Å². The standard InChI is InChI=1S/C19H30O3/c1-4-10-16-17(19(21)22-18(16)20)15-12-9-7-5-6-8-11-13(2)14(15)3/h13,16-17H,4-12H2,1-3H3/b15-14-. The Hall–Kier alpha value is -1.12. The molecule has 0 bridgehead atoms. The molecule has 2 aliphatic rings. The van der Waals surface area contributed by atoms with E-state index in [1.165, 1.54) is 43.3 Å². The zero-order valence-corrected chi connectivity index (χ0v) is 14.3. The van der Waals surface area contributed by atoms with E-state index in [0.717, 1.165) is 25.7 Å². The highest BCUT2D eigenvalue weighted by Crippen LogP contribution is 2.39. The van der Waals surface area contributed by atoms with Crippen LogP contribution in [0.25, 0.3) is 0 Å². The summed E-state index contributed by atoms with van der Waals surface area (Å²) < 4.78 is 4.99. The van der Waals surface area contributed by atoms with E-state index in [0.29, 0.717) is 5.92 Å². The molecule has 0 radical (unpaired) electrons. The van der Waals surface area contributed by atoms with E-state index in [-0.39, 0.29) is 23.8 Å². The van der Waals surface area contributed by atoms with Crippen molar-refractivity contribution in [1.82, 2.24) is 0 Å². The molecule has 1 aliphatic carbocycles. The summed E-state index contributed by atoms with van der Waals surface area (Å²) in [4.78, 5) is 24.3. The van der Waals surface area contributed by atoms with Gasteiger partial charge in [0.05, 0.1) is 11.8 Å². The number of hydrogen-bond donors (Lipinski definition) is 0. The summed E-state index contributed by atoms with van der Waals surface area (Å²) >= 11 is 0. The van der Waals surface area contributed by atoms with Crippen LogP contribution in [0.2, 0.25) is 0 Å². The van der Waals surface area contributed by atoms with E-state index in [1.54, 1.807) is 0 Å². The van der Waals surface area contributed by atoms with Crippen molar-refractivity contribution in [1.29, 1.82) is 0 Å². The summed E-state index contributed by atoms with van der Waals surface area (Å²) in [6, 6.07) is 0. The quantitative estimate of drug-likeness (QED) is 0.427. The van der Waals surface area contributed by atoms with Crippen molar-refractivity contribution in [3.63, 3.8) is 0 Å². The summed E-state index contributed by atoms with van der Waals surface area (Å²) in [7, 11) is 0. The zero-order chi connectivity index (χ0) is 16.1. The van der Waals surface area contributed by atoms with Gasteiger partial charge in [0.2, 0.25) is 0 Å². The fourth-order valence-electron chi connectivity index (χ4n) is 3.95. The highest BCUT2D eigenvalue weighted by atomic mass is 16.6. The molecule has 3 atom stereocenters. The van der Waals surface area contributed by atoms with Crippen molar-refractivity contribution in [2.45, 2.75) is 78.6 Å². The second kappa shape index (κ2) is 7.94. The molecule has 3 heteroatoms. The molecule has 2 rings (SSSR count). The van der Waals surface area contributed by atoms with Gasteiger partial charge in [0, 0.05) is 0 Å². The molecule has 0 saturated carbocycles. The zero-order valence-electron chi connectivity index (χ0n) is 14.3. The lowest BCUT2D eigenvalue weighted by atomic mass is 9.77. The minimum atomic E-state index is -0.311. The Labute approximate surface area is 134 Å². The molecule has 0 N–H and O–H groups in total. The fourth-order valence-corrected chi connectivity index (χ4v) is 3.95. The molecule has 1 heterocycles. The molecular formula is C19H30O3. The van der Waals surface area contributed by atoms with Crippen molar-refractivity contribution in [3.05, 3.63) is 11.1 Å². The van der Waals surface area contributed by atoms with Gasteiger partial charge in [0.25, 0.3) is 0 Å². The van der Waals surface area contributed by atoms with Crippen LogP contribution in [0.4, 0.5) is 0 Å². The largest absolute Gasteiger partial charge is 0.392 e. The summed E-state index contributed by atoms with van der Waals surface area (Å²) in [5.74, 6) is -0.672. The molecule has 0 amide bonds. The lowest BCUT2D eigenvalue weighted by Crippen LogP contribution is -2.22. The van der Waals surface area contributed by atoms with Gasteiger partial charge in [-0.25, -0.2) is 0 Å². The van der Waals surface area contributed by atoms with Crippen LogP contribution in [-0.4, -0.2) is 11.9 Å². The first-order chi connectivity index (χ1) is 10.6. The van der Waals surface area contributed by atoms with E-state index in [2.05, 4.69) is 20.8 Å². The van der Waals surface area contributed by atoms with Crippen LogP contribution in [0.1, 0.15) is 78.6 Å². The van der Waals surface area contributed by atoms with Crippen molar-refractivity contribution in [2.24, 2.45) is 17.8 Å². The first kappa shape index (κ1) is 17.2. The Balaban J connectivity index is 2.32. The summed E-state index contributed by atoms with van der Waals surface area (Å²) in [5, 5.41) is 0. The first-order valence-corrected chi connectivity index (χ1v) is 9.01. The second-order valence-corrected chi connectivity index (χ2v) is 7.03. The second-order valence-electron chi connectivity index (χ2n) is 7.03. The van der Waals surface area contributed by atoms with Crippen LogP contribution < -0.4 is 0 Å². The first-order valence-electron chi connectivity index (χ1n) is 9.01. The highest BCUT2D eigenvalue weighted by Gasteiger charge is 2.45. The molecule has 0 spiro atoms. The van der Waals surface area contributed by atoms with Gasteiger partial charge in [-0.05, 0) is 38.5 Å². The number of hydrogen-bond acceptors (Lipinski definition) is 3. The van der Waals surface area contributed by atoms with Gasteiger partial charge in [-0.15, -0.1) is 0 Å². The third-order valence-electron chi connectivity index (χ3n) is 5.46. The van der Waals surface area contributed by atoms with Crippen molar-refractivity contribution < 1.29 is 14.3 Å². The smallest absolute Gasteiger partial charge is 0.321 e. The number of carbonyl (C=O) groups excluding carboxylic acids is 2. The Morgan fingerprint density at radius 1 is 1.05 bits per heavy atom. The van der Waals surface area contributed by atoms with Crippen LogP contribution in [0.15, 0.2) is 11.1 Å². The molecule has 124 valence electrons. The fraction of sp³-hybridized carbons (Fsp3) is 0.789. The highest BCUT2D eigenvalue weighted by molar-refractivity contribution is 5.98. The van der Waals surface area contributed by atoms with E-state index >= 15 is 0 Å². The van der Waals surface area contributed by atoms with E-state index < -0.39 is 0 Å². The van der Waals surface area contributed by atoms with Crippen LogP contribution >= 0.6 is 0 Å². The maximum atomic E-state index is 12.3. The van der Waals surface area contributed by atoms with E-state index in [9.17, 15) is 9.59 Å². The number of allylic oxidation sites excluding steroid dienone is 1. The molecule has 1 saturated heterocycles. The van der Waals surface area contributed by atoms with Gasteiger partial charge in [-0.1, -0.05) is 57.1 Å². The van der Waals surface area contributed by atoms with E-state index in [4.69, 9.17) is 4.74 Å². The third kappa shape index (κ3) is 3.80. The van der Waals surface area contributed by atoms with Crippen molar-refractivity contribution >= 4 is 11.9 Å². The number of carbonyl (C=O) groups is 2. The lowest BCUT2D eigenvalue weighted by Gasteiger charge is -2.24. The van der Waals surface area contributed by atoms with Gasteiger partial charge < -0.3 is 4.74 Å². The van der Waals surface area contributed by atoms with Crippen LogP contribution in [0.5, 0.6) is 0 Å². The van der Waals surface area contributed by atoms with Gasteiger partial charge in [0.15, 0.2) is 0 Å². The average Bonchev–Trinajstić information content (AvgIpc) is 2.76. The van der Waals surface area contributed by atoms with Gasteiger partial charge in [-0.3, -0.25) is 9.59 Å². The Bertz CT molecular complexity index is 450. The molecule has 0 aromatic rings. The summed E-state index contributed by atoms with van der Waals surface area (Å²) in [6.45, 7) is 6.49. The SMILES string of the molecule is CCCC1C(=O)OC(=O)C1/C1=C(/C)C(C)CCCCCCC1. The molecule has 0 aromatic carbocycles. The van der Waals surface area contributed by atoms with Crippen molar-refractivity contribution in [3.8, 4) is 0 Å². The monoisotopic (exact) mass is 306 g/mol. The number of esters is 2. The molecule has 0 aromatic heterocycles. The van der Waals surface area contributed by atoms with E-state index in [1.807, 2.05) is 0 Å².